The van der Waals surface area contributed by atoms with E-state index in [-0.39, 0.29) is 0 Å². The van der Waals surface area contributed by atoms with E-state index in [1.807, 2.05) is 72.8 Å². The molecule has 0 radical (unpaired) electrons. The Labute approximate surface area is 227 Å². The van der Waals surface area contributed by atoms with Crippen molar-refractivity contribution in [1.82, 2.24) is 0 Å². The van der Waals surface area contributed by atoms with E-state index < -0.39 is 7.14 Å². The molecule has 0 fully saturated rings. The van der Waals surface area contributed by atoms with Crippen LogP contribution in [-0.4, -0.2) is 38.3 Å². The maximum absolute atomic E-state index is 13.8. The third kappa shape index (κ3) is 11.7. The standard InChI is InChI=1S/C30H42N3O4P/c31-28-10-4-25(5-11-28)22-35-16-1-19-38(34,20-2-17-36-23-26-6-12-29(32)13-7-26)21-3-18-37-24-27-8-14-30(33)15-9-27/h4-15H,1-3,16-24,31-33H2. The molecule has 206 valence electrons. The van der Waals surface area contributed by atoms with E-state index in [2.05, 4.69) is 0 Å². The Balaban J connectivity index is 1.39. The largest absolute Gasteiger partial charge is 0.399 e. The molecule has 0 amide bonds. The maximum atomic E-state index is 13.8. The summed E-state index contributed by atoms with van der Waals surface area (Å²) in [7, 11) is -2.36. The molecule has 3 rings (SSSR count). The van der Waals surface area contributed by atoms with Gasteiger partial charge in [-0.15, -0.1) is 0 Å². The van der Waals surface area contributed by atoms with Gasteiger partial charge in [0.15, 0.2) is 0 Å². The zero-order chi connectivity index (χ0) is 27.1. The molecule has 0 aliphatic carbocycles. The summed E-state index contributed by atoms with van der Waals surface area (Å²) in [5, 5.41) is 0. The SMILES string of the molecule is Nc1ccc(COCCCP(=O)(CCCOCc2ccc(N)cc2)CCCOCc2ccc(N)cc2)cc1. The second-order valence-electron chi connectivity index (χ2n) is 9.67. The third-order valence-corrected chi connectivity index (χ3v) is 9.70. The molecule has 0 aromatic heterocycles. The van der Waals surface area contributed by atoms with Crippen molar-refractivity contribution in [3.05, 3.63) is 89.5 Å². The molecule has 7 nitrogen and oxygen atoms in total. The molecule has 0 bridgehead atoms. The summed E-state index contributed by atoms with van der Waals surface area (Å²) in [4.78, 5) is 0. The van der Waals surface area contributed by atoms with Crippen molar-refractivity contribution in [2.45, 2.75) is 39.1 Å². The Bertz CT molecular complexity index is 964. The lowest BCUT2D eigenvalue weighted by Gasteiger charge is -2.19. The smallest absolute Gasteiger partial charge is 0.0880 e. The lowest BCUT2D eigenvalue weighted by molar-refractivity contribution is 0.119. The highest BCUT2D eigenvalue weighted by molar-refractivity contribution is 7.63. The van der Waals surface area contributed by atoms with Crippen LogP contribution in [0.3, 0.4) is 0 Å². The first-order chi connectivity index (χ1) is 18.4. The number of nitrogen functional groups attached to an aromatic ring is 3. The molecule has 3 aromatic carbocycles. The highest BCUT2D eigenvalue weighted by Gasteiger charge is 2.21. The average molecular weight is 540 g/mol. The van der Waals surface area contributed by atoms with Crippen LogP contribution >= 0.6 is 7.14 Å². The quantitative estimate of drug-likeness (QED) is 0.104. The lowest BCUT2D eigenvalue weighted by atomic mass is 10.2. The predicted molar refractivity (Wildman–Crippen MR) is 158 cm³/mol. The van der Waals surface area contributed by atoms with Crippen molar-refractivity contribution >= 4 is 24.2 Å². The molecule has 0 saturated heterocycles. The van der Waals surface area contributed by atoms with Gasteiger partial charge in [-0.25, -0.2) is 0 Å². The zero-order valence-corrected chi connectivity index (χ0v) is 23.1. The first-order valence-electron chi connectivity index (χ1n) is 13.3. The minimum absolute atomic E-state index is 0.530. The number of nitrogens with two attached hydrogens (primary N) is 3. The molecule has 38 heavy (non-hydrogen) atoms. The summed E-state index contributed by atoms with van der Waals surface area (Å²) in [5.41, 5.74) is 22.7. The van der Waals surface area contributed by atoms with Crippen LogP contribution in [0.2, 0.25) is 0 Å². The van der Waals surface area contributed by atoms with Gasteiger partial charge in [-0.2, -0.15) is 0 Å². The number of hydrogen-bond donors (Lipinski definition) is 3. The van der Waals surface area contributed by atoms with Gasteiger partial charge in [0, 0.05) is 55.4 Å². The molecule has 8 heteroatoms. The molecule has 3 aromatic rings. The molecular weight excluding hydrogens is 497 g/mol. The Morgan fingerprint density at radius 3 is 1.00 bits per heavy atom. The molecule has 0 atom stereocenters. The molecule has 6 N–H and O–H groups in total. The van der Waals surface area contributed by atoms with Crippen molar-refractivity contribution in [3.63, 3.8) is 0 Å². The van der Waals surface area contributed by atoms with Crippen LogP contribution in [0.25, 0.3) is 0 Å². The van der Waals surface area contributed by atoms with Crippen molar-refractivity contribution < 1.29 is 18.8 Å². The van der Waals surface area contributed by atoms with Crippen LogP contribution in [-0.2, 0) is 38.6 Å². The molecule has 0 aliphatic rings. The monoisotopic (exact) mass is 539 g/mol. The second-order valence-corrected chi connectivity index (χ2v) is 13.1. The van der Waals surface area contributed by atoms with Crippen molar-refractivity contribution in [1.29, 1.82) is 0 Å². The van der Waals surface area contributed by atoms with Crippen LogP contribution < -0.4 is 17.2 Å². The second kappa shape index (κ2) is 16.2. The normalized spacial score (nSPS) is 11.6. The van der Waals surface area contributed by atoms with E-state index in [9.17, 15) is 4.57 Å². The van der Waals surface area contributed by atoms with E-state index in [0.717, 1.165) is 53.0 Å². The lowest BCUT2D eigenvalue weighted by Crippen LogP contribution is -2.08. The van der Waals surface area contributed by atoms with Gasteiger partial charge in [-0.05, 0) is 72.4 Å². The van der Waals surface area contributed by atoms with Gasteiger partial charge < -0.3 is 36.0 Å². The van der Waals surface area contributed by atoms with Gasteiger partial charge in [-0.3, -0.25) is 0 Å². The van der Waals surface area contributed by atoms with Crippen molar-refractivity contribution in [2.75, 3.05) is 55.5 Å². The molecule has 0 aliphatic heterocycles. The number of ether oxygens (including phenoxy) is 3. The summed E-state index contributed by atoms with van der Waals surface area (Å²) in [6.07, 6.45) is 4.32. The Morgan fingerprint density at radius 2 is 0.737 bits per heavy atom. The number of benzene rings is 3. The number of rotatable bonds is 18. The summed E-state index contributed by atoms with van der Waals surface area (Å²) in [6.45, 7) is 3.33. The van der Waals surface area contributed by atoms with Gasteiger partial charge in [0.1, 0.15) is 0 Å². The molecule has 0 saturated carbocycles. The van der Waals surface area contributed by atoms with Crippen molar-refractivity contribution in [3.8, 4) is 0 Å². The highest BCUT2D eigenvalue weighted by atomic mass is 31.2. The topological polar surface area (TPSA) is 123 Å². The van der Waals surface area contributed by atoms with E-state index in [1.165, 1.54) is 0 Å². The van der Waals surface area contributed by atoms with Gasteiger partial charge in [-0.1, -0.05) is 36.4 Å². The summed E-state index contributed by atoms with van der Waals surface area (Å²) >= 11 is 0. The summed E-state index contributed by atoms with van der Waals surface area (Å²) < 4.78 is 31.3. The highest BCUT2D eigenvalue weighted by Crippen LogP contribution is 2.47. The first-order valence-corrected chi connectivity index (χ1v) is 15.5. The van der Waals surface area contributed by atoms with Crippen LogP contribution in [0.4, 0.5) is 17.1 Å². The number of hydrogen-bond acceptors (Lipinski definition) is 7. The molecule has 0 heterocycles. The van der Waals surface area contributed by atoms with E-state index in [0.29, 0.717) is 58.1 Å². The molecular formula is C30H42N3O4P. The fourth-order valence-corrected chi connectivity index (χ4v) is 6.90. The van der Waals surface area contributed by atoms with Crippen molar-refractivity contribution in [2.24, 2.45) is 0 Å². The van der Waals surface area contributed by atoms with Gasteiger partial charge >= 0.3 is 0 Å². The Hall–Kier alpha value is -2.83. The Morgan fingerprint density at radius 1 is 0.474 bits per heavy atom. The fraction of sp³-hybridized carbons (Fsp3) is 0.400. The van der Waals surface area contributed by atoms with E-state index in [1.54, 1.807) is 0 Å². The third-order valence-electron chi connectivity index (χ3n) is 6.31. The summed E-state index contributed by atoms with van der Waals surface area (Å²) in [5.74, 6) is 0. The first kappa shape index (κ1) is 29.7. The molecule has 0 spiro atoms. The van der Waals surface area contributed by atoms with Gasteiger partial charge in [0.05, 0.1) is 27.0 Å². The maximum Gasteiger partial charge on any atom is 0.0880 e. The fourth-order valence-electron chi connectivity index (χ4n) is 4.11. The van der Waals surface area contributed by atoms with Crippen LogP contribution in [0.5, 0.6) is 0 Å². The van der Waals surface area contributed by atoms with Gasteiger partial charge in [0.25, 0.3) is 0 Å². The van der Waals surface area contributed by atoms with Crippen LogP contribution in [0.1, 0.15) is 36.0 Å². The number of anilines is 3. The Kier molecular flexibility index (Phi) is 12.7. The van der Waals surface area contributed by atoms with Gasteiger partial charge in [0.2, 0.25) is 0 Å². The molecule has 0 unspecified atom stereocenters. The van der Waals surface area contributed by atoms with E-state index >= 15 is 0 Å². The van der Waals surface area contributed by atoms with Crippen LogP contribution in [0, 0.1) is 0 Å². The summed E-state index contributed by atoms with van der Waals surface area (Å²) in [6, 6.07) is 23.0. The van der Waals surface area contributed by atoms with E-state index in [4.69, 9.17) is 31.4 Å². The van der Waals surface area contributed by atoms with Crippen LogP contribution in [0.15, 0.2) is 72.8 Å². The minimum Gasteiger partial charge on any atom is -0.399 e. The predicted octanol–water partition coefficient (Wildman–Crippen LogP) is 5.92. The zero-order valence-electron chi connectivity index (χ0n) is 22.2. The average Bonchev–Trinajstić information content (AvgIpc) is 2.91. The minimum atomic E-state index is -2.36.